The van der Waals surface area contributed by atoms with Crippen LogP contribution in [-0.2, 0) is 5.41 Å². The fourth-order valence-electron chi connectivity index (χ4n) is 1.07. The molecule has 0 spiro atoms. The lowest BCUT2D eigenvalue weighted by Gasteiger charge is -2.12. The molecule has 1 aromatic heterocycles. The van der Waals surface area contributed by atoms with Gasteiger partial charge in [0.15, 0.2) is 0 Å². The SMILES string of the molecule is CC(C)CS/C=C/c1ncc(C(C)(C)C)o1. The smallest absolute Gasteiger partial charge is 0.219 e. The Balaban J connectivity index is 2.52. The molecule has 0 saturated carbocycles. The molecule has 1 rings (SSSR count). The molecule has 0 amide bonds. The second-order valence-electron chi connectivity index (χ2n) is 5.34. The average molecular weight is 239 g/mol. The normalized spacial score (nSPS) is 12.9. The van der Waals surface area contributed by atoms with Crippen LogP contribution in [0, 0.1) is 5.92 Å². The third-order valence-electron chi connectivity index (χ3n) is 2.00. The molecule has 3 heteroatoms. The van der Waals surface area contributed by atoms with Crippen LogP contribution >= 0.6 is 11.8 Å². The lowest BCUT2D eigenvalue weighted by atomic mass is 9.94. The zero-order chi connectivity index (χ0) is 12.2. The number of rotatable bonds is 4. The van der Waals surface area contributed by atoms with E-state index in [9.17, 15) is 0 Å². The van der Waals surface area contributed by atoms with Crippen LogP contribution in [0.3, 0.4) is 0 Å². The van der Waals surface area contributed by atoms with E-state index in [2.05, 4.69) is 45.0 Å². The Morgan fingerprint density at radius 2 is 2.12 bits per heavy atom. The number of nitrogens with zero attached hydrogens (tertiary/aromatic N) is 1. The number of thioether (sulfide) groups is 1. The standard InChI is InChI=1S/C13H21NOS/c1-10(2)9-16-7-6-12-14-8-11(15-12)13(3,4)5/h6-8,10H,9H2,1-5H3/b7-6+. The molecule has 0 radical (unpaired) electrons. The van der Waals surface area contributed by atoms with Crippen molar-refractivity contribution in [1.29, 1.82) is 0 Å². The molecule has 0 saturated heterocycles. The minimum Gasteiger partial charge on any atom is -0.441 e. The van der Waals surface area contributed by atoms with Crippen LogP contribution in [0.5, 0.6) is 0 Å². The summed E-state index contributed by atoms with van der Waals surface area (Å²) in [4.78, 5) is 4.23. The molecule has 0 unspecified atom stereocenters. The van der Waals surface area contributed by atoms with E-state index < -0.39 is 0 Å². The summed E-state index contributed by atoms with van der Waals surface area (Å²) in [5, 5.41) is 2.05. The van der Waals surface area contributed by atoms with Crippen LogP contribution in [0.15, 0.2) is 16.0 Å². The van der Waals surface area contributed by atoms with Gasteiger partial charge in [0.25, 0.3) is 0 Å². The minimum atomic E-state index is 0.0319. The summed E-state index contributed by atoms with van der Waals surface area (Å²) >= 11 is 1.79. The van der Waals surface area contributed by atoms with E-state index in [1.54, 1.807) is 11.8 Å². The fraction of sp³-hybridized carbons (Fsp3) is 0.615. The molecule has 0 bridgehead atoms. The topological polar surface area (TPSA) is 26.0 Å². The third kappa shape index (κ3) is 4.44. The molecule has 0 N–H and O–H groups in total. The van der Waals surface area contributed by atoms with Gasteiger partial charge in [0, 0.05) is 11.5 Å². The summed E-state index contributed by atoms with van der Waals surface area (Å²) in [6.07, 6.45) is 3.75. The van der Waals surface area contributed by atoms with Gasteiger partial charge in [0.05, 0.1) is 6.20 Å². The third-order valence-corrected chi connectivity index (χ3v) is 3.19. The van der Waals surface area contributed by atoms with Gasteiger partial charge in [-0.1, -0.05) is 34.6 Å². The van der Waals surface area contributed by atoms with Gasteiger partial charge in [-0.3, -0.25) is 0 Å². The van der Waals surface area contributed by atoms with Gasteiger partial charge in [-0.15, -0.1) is 11.8 Å². The van der Waals surface area contributed by atoms with Gasteiger partial charge in [0.1, 0.15) is 5.76 Å². The van der Waals surface area contributed by atoms with Crippen LogP contribution in [0.25, 0.3) is 6.08 Å². The first kappa shape index (κ1) is 13.4. The monoisotopic (exact) mass is 239 g/mol. The maximum absolute atomic E-state index is 5.64. The Morgan fingerprint density at radius 1 is 1.44 bits per heavy atom. The van der Waals surface area contributed by atoms with Gasteiger partial charge in [-0.25, -0.2) is 4.98 Å². The molecular weight excluding hydrogens is 218 g/mol. The first-order valence-electron chi connectivity index (χ1n) is 5.64. The number of aromatic nitrogens is 1. The Hall–Kier alpha value is -0.700. The maximum atomic E-state index is 5.64. The molecule has 16 heavy (non-hydrogen) atoms. The van der Waals surface area contributed by atoms with Gasteiger partial charge < -0.3 is 4.42 Å². The molecule has 90 valence electrons. The molecule has 0 aliphatic heterocycles. The van der Waals surface area contributed by atoms with E-state index in [1.165, 1.54) is 0 Å². The molecule has 0 aliphatic rings. The molecule has 0 atom stereocenters. The van der Waals surface area contributed by atoms with E-state index >= 15 is 0 Å². The van der Waals surface area contributed by atoms with Crippen LogP contribution < -0.4 is 0 Å². The fourth-order valence-corrected chi connectivity index (χ4v) is 1.77. The quantitative estimate of drug-likeness (QED) is 0.782. The molecular formula is C13H21NOS. The van der Waals surface area contributed by atoms with Crippen molar-refractivity contribution in [3.8, 4) is 0 Å². The average Bonchev–Trinajstić information content (AvgIpc) is 2.59. The molecule has 1 heterocycles. The Kier molecular flexibility index (Phi) is 4.66. The van der Waals surface area contributed by atoms with E-state index in [1.807, 2.05) is 12.3 Å². The van der Waals surface area contributed by atoms with Crippen molar-refractivity contribution >= 4 is 17.8 Å². The van der Waals surface area contributed by atoms with Crippen molar-refractivity contribution in [3.63, 3.8) is 0 Å². The summed E-state index contributed by atoms with van der Waals surface area (Å²) < 4.78 is 5.64. The molecule has 2 nitrogen and oxygen atoms in total. The number of oxazole rings is 1. The molecule has 1 aromatic rings. The van der Waals surface area contributed by atoms with Crippen LogP contribution in [0.4, 0.5) is 0 Å². The van der Waals surface area contributed by atoms with Gasteiger partial charge in [0.2, 0.25) is 5.89 Å². The highest BCUT2D eigenvalue weighted by atomic mass is 32.2. The Bertz CT molecular complexity index is 347. The summed E-state index contributed by atoms with van der Waals surface area (Å²) in [6.45, 7) is 10.8. The van der Waals surface area contributed by atoms with E-state index in [-0.39, 0.29) is 5.41 Å². The Labute approximate surface area is 103 Å². The van der Waals surface area contributed by atoms with Crippen molar-refractivity contribution < 1.29 is 4.42 Å². The predicted octanol–water partition coefficient (Wildman–Crippen LogP) is 4.33. The second kappa shape index (κ2) is 5.58. The molecule has 0 aliphatic carbocycles. The lowest BCUT2D eigenvalue weighted by Crippen LogP contribution is -2.09. The van der Waals surface area contributed by atoms with Crippen molar-refractivity contribution in [3.05, 3.63) is 23.3 Å². The van der Waals surface area contributed by atoms with Crippen LogP contribution in [-0.4, -0.2) is 10.7 Å². The highest BCUT2D eigenvalue weighted by Gasteiger charge is 2.18. The largest absolute Gasteiger partial charge is 0.441 e. The number of hydrogen-bond acceptors (Lipinski definition) is 3. The highest BCUT2D eigenvalue weighted by molar-refractivity contribution is 8.02. The number of hydrogen-bond donors (Lipinski definition) is 0. The van der Waals surface area contributed by atoms with Crippen LogP contribution in [0.1, 0.15) is 46.3 Å². The van der Waals surface area contributed by atoms with Crippen molar-refractivity contribution in [1.82, 2.24) is 4.98 Å². The van der Waals surface area contributed by atoms with Gasteiger partial charge in [-0.05, 0) is 17.1 Å². The minimum absolute atomic E-state index is 0.0319. The van der Waals surface area contributed by atoms with E-state index in [0.29, 0.717) is 11.8 Å². The highest BCUT2D eigenvalue weighted by Crippen LogP contribution is 2.23. The van der Waals surface area contributed by atoms with Gasteiger partial charge in [-0.2, -0.15) is 0 Å². The summed E-state index contributed by atoms with van der Waals surface area (Å²) in [7, 11) is 0. The zero-order valence-corrected chi connectivity index (χ0v) is 11.6. The van der Waals surface area contributed by atoms with Crippen molar-refractivity contribution in [2.24, 2.45) is 5.92 Å². The predicted molar refractivity (Wildman–Crippen MR) is 71.5 cm³/mol. The van der Waals surface area contributed by atoms with E-state index in [4.69, 9.17) is 4.42 Å². The van der Waals surface area contributed by atoms with Crippen molar-refractivity contribution in [2.45, 2.75) is 40.0 Å². The first-order chi connectivity index (χ1) is 7.39. The first-order valence-corrected chi connectivity index (χ1v) is 6.69. The molecule has 0 aromatic carbocycles. The van der Waals surface area contributed by atoms with Crippen molar-refractivity contribution in [2.75, 3.05) is 5.75 Å². The van der Waals surface area contributed by atoms with Crippen LogP contribution in [0.2, 0.25) is 0 Å². The maximum Gasteiger partial charge on any atom is 0.219 e. The van der Waals surface area contributed by atoms with E-state index in [0.717, 1.165) is 11.5 Å². The summed E-state index contributed by atoms with van der Waals surface area (Å²) in [5.74, 6) is 3.47. The second-order valence-corrected chi connectivity index (χ2v) is 6.28. The summed E-state index contributed by atoms with van der Waals surface area (Å²) in [6, 6.07) is 0. The summed E-state index contributed by atoms with van der Waals surface area (Å²) in [5.41, 5.74) is 0.0319. The lowest BCUT2D eigenvalue weighted by molar-refractivity contribution is 0.403. The zero-order valence-electron chi connectivity index (χ0n) is 10.8. The van der Waals surface area contributed by atoms with Gasteiger partial charge >= 0.3 is 0 Å². The molecule has 0 fully saturated rings. The Morgan fingerprint density at radius 3 is 2.62 bits per heavy atom.